The van der Waals surface area contributed by atoms with E-state index in [1.54, 1.807) is 13.8 Å². The van der Waals surface area contributed by atoms with Gasteiger partial charge in [0.15, 0.2) is 6.10 Å². The molecule has 0 N–H and O–H groups in total. The molecule has 2 rings (SSSR count). The third-order valence-electron chi connectivity index (χ3n) is 3.18. The number of ether oxygens (including phenoxy) is 3. The van der Waals surface area contributed by atoms with Crippen LogP contribution in [0.15, 0.2) is 35.4 Å². The lowest BCUT2D eigenvalue weighted by Gasteiger charge is -2.42. The van der Waals surface area contributed by atoms with E-state index in [4.69, 9.17) is 19.7 Å². The van der Waals surface area contributed by atoms with Gasteiger partial charge in [-0.1, -0.05) is 35.4 Å². The van der Waals surface area contributed by atoms with E-state index in [9.17, 15) is 4.79 Å². The van der Waals surface area contributed by atoms with Crippen LogP contribution in [-0.2, 0) is 25.6 Å². The Morgan fingerprint density at radius 2 is 2.14 bits per heavy atom. The largest absolute Gasteiger partial charge is 0.461 e. The molecule has 7 nitrogen and oxygen atoms in total. The quantitative estimate of drug-likeness (QED) is 0.335. The Labute approximate surface area is 128 Å². The molecule has 1 fully saturated rings. The lowest BCUT2D eigenvalue weighted by molar-refractivity contribution is -0.248. The normalized spacial score (nSPS) is 23.5. The molecule has 0 aliphatic carbocycles. The lowest BCUT2D eigenvalue weighted by atomic mass is 10.0. The molecule has 1 aromatic rings. The van der Waals surface area contributed by atoms with Crippen LogP contribution in [0.1, 0.15) is 19.4 Å². The van der Waals surface area contributed by atoms with Crippen molar-refractivity contribution in [1.29, 1.82) is 0 Å². The molecule has 1 aliphatic heterocycles. The van der Waals surface area contributed by atoms with Crippen LogP contribution in [0, 0.1) is 0 Å². The molecule has 1 aromatic carbocycles. The SMILES string of the molecule is CC(C)OC(=O)[C@H]1O[C@@H](CN=[N+]=[N-])[C@@H]1OCc1ccccc1. The van der Waals surface area contributed by atoms with Gasteiger partial charge in [0, 0.05) is 4.91 Å². The smallest absolute Gasteiger partial charge is 0.338 e. The summed E-state index contributed by atoms with van der Waals surface area (Å²) in [6, 6.07) is 9.62. The Balaban J connectivity index is 1.96. The predicted molar refractivity (Wildman–Crippen MR) is 78.9 cm³/mol. The highest BCUT2D eigenvalue weighted by Crippen LogP contribution is 2.27. The second-order valence-electron chi connectivity index (χ2n) is 5.26. The first kappa shape index (κ1) is 16.3. The van der Waals surface area contributed by atoms with Gasteiger partial charge in [-0.25, -0.2) is 4.79 Å². The van der Waals surface area contributed by atoms with E-state index < -0.39 is 24.3 Å². The summed E-state index contributed by atoms with van der Waals surface area (Å²) in [7, 11) is 0. The van der Waals surface area contributed by atoms with Gasteiger partial charge in [-0.05, 0) is 24.9 Å². The molecule has 0 radical (unpaired) electrons. The maximum absolute atomic E-state index is 11.9. The number of azide groups is 1. The highest BCUT2D eigenvalue weighted by atomic mass is 16.6. The molecule has 1 aliphatic rings. The molecule has 0 unspecified atom stereocenters. The first-order chi connectivity index (χ1) is 10.6. The van der Waals surface area contributed by atoms with E-state index in [0.717, 1.165) is 5.56 Å². The highest BCUT2D eigenvalue weighted by molar-refractivity contribution is 5.76. The second-order valence-corrected chi connectivity index (χ2v) is 5.26. The van der Waals surface area contributed by atoms with Crippen LogP contribution in [0.25, 0.3) is 10.4 Å². The van der Waals surface area contributed by atoms with Crippen LogP contribution < -0.4 is 0 Å². The number of rotatable bonds is 7. The van der Waals surface area contributed by atoms with Crippen molar-refractivity contribution in [3.05, 3.63) is 46.3 Å². The molecule has 22 heavy (non-hydrogen) atoms. The van der Waals surface area contributed by atoms with E-state index in [0.29, 0.717) is 6.61 Å². The fourth-order valence-corrected chi connectivity index (χ4v) is 2.16. The van der Waals surface area contributed by atoms with Crippen LogP contribution in [0.5, 0.6) is 0 Å². The van der Waals surface area contributed by atoms with E-state index in [1.165, 1.54) is 0 Å². The van der Waals surface area contributed by atoms with E-state index in [-0.39, 0.29) is 12.6 Å². The van der Waals surface area contributed by atoms with E-state index in [2.05, 4.69) is 10.0 Å². The summed E-state index contributed by atoms with van der Waals surface area (Å²) in [4.78, 5) is 14.6. The molecule has 0 saturated carbocycles. The fraction of sp³-hybridized carbons (Fsp3) is 0.533. The first-order valence-electron chi connectivity index (χ1n) is 7.14. The maximum Gasteiger partial charge on any atom is 0.338 e. The molecule has 1 heterocycles. The third-order valence-corrected chi connectivity index (χ3v) is 3.18. The van der Waals surface area contributed by atoms with Gasteiger partial charge < -0.3 is 14.2 Å². The Hall–Kier alpha value is -2.08. The van der Waals surface area contributed by atoms with Crippen molar-refractivity contribution in [2.45, 2.75) is 44.9 Å². The van der Waals surface area contributed by atoms with Gasteiger partial charge >= 0.3 is 5.97 Å². The van der Waals surface area contributed by atoms with Gasteiger partial charge in [0.2, 0.25) is 0 Å². The number of carbonyl (C=O) groups is 1. The van der Waals surface area contributed by atoms with Crippen LogP contribution in [0.3, 0.4) is 0 Å². The molecule has 0 spiro atoms. The summed E-state index contributed by atoms with van der Waals surface area (Å²) in [6.45, 7) is 4.02. The number of nitrogens with zero attached hydrogens (tertiary/aromatic N) is 3. The Morgan fingerprint density at radius 3 is 2.77 bits per heavy atom. The van der Waals surface area contributed by atoms with Crippen molar-refractivity contribution in [3.63, 3.8) is 0 Å². The van der Waals surface area contributed by atoms with Crippen LogP contribution in [0.4, 0.5) is 0 Å². The molecule has 3 atom stereocenters. The van der Waals surface area contributed by atoms with Crippen molar-refractivity contribution in [3.8, 4) is 0 Å². The minimum absolute atomic E-state index is 0.126. The summed E-state index contributed by atoms with van der Waals surface area (Å²) < 4.78 is 16.4. The lowest BCUT2D eigenvalue weighted by Crippen LogP contribution is -2.60. The third kappa shape index (κ3) is 4.21. The molecule has 0 aromatic heterocycles. The Morgan fingerprint density at radius 1 is 1.41 bits per heavy atom. The fourth-order valence-electron chi connectivity index (χ4n) is 2.16. The van der Waals surface area contributed by atoms with Crippen molar-refractivity contribution < 1.29 is 19.0 Å². The molecule has 0 bridgehead atoms. The van der Waals surface area contributed by atoms with Crippen LogP contribution in [0.2, 0.25) is 0 Å². The van der Waals surface area contributed by atoms with Gasteiger partial charge in [-0.15, -0.1) is 0 Å². The topological polar surface area (TPSA) is 93.5 Å². The summed E-state index contributed by atoms with van der Waals surface area (Å²) in [5.74, 6) is -0.453. The first-order valence-corrected chi connectivity index (χ1v) is 7.14. The maximum atomic E-state index is 11.9. The van der Waals surface area contributed by atoms with Gasteiger partial charge in [0.25, 0.3) is 0 Å². The summed E-state index contributed by atoms with van der Waals surface area (Å²) in [5, 5.41) is 3.48. The van der Waals surface area contributed by atoms with Gasteiger partial charge in [-0.2, -0.15) is 0 Å². The van der Waals surface area contributed by atoms with E-state index in [1.807, 2.05) is 30.3 Å². The number of hydrogen-bond donors (Lipinski definition) is 0. The van der Waals surface area contributed by atoms with Crippen molar-refractivity contribution in [1.82, 2.24) is 0 Å². The summed E-state index contributed by atoms with van der Waals surface area (Å²) in [5.41, 5.74) is 9.39. The number of benzene rings is 1. The van der Waals surface area contributed by atoms with E-state index >= 15 is 0 Å². The zero-order valence-electron chi connectivity index (χ0n) is 12.6. The number of carbonyl (C=O) groups excluding carboxylic acids is 1. The standard InChI is InChI=1S/C15H19N3O4/c1-10(2)21-15(19)14-13(12(22-14)8-17-18-16)20-9-11-6-4-3-5-7-11/h3-7,10,12-14H,8-9H2,1-2H3/t12-,13-,14-/m0/s1. The predicted octanol–water partition coefficient (Wildman–Crippen LogP) is 2.60. The monoisotopic (exact) mass is 305 g/mol. The zero-order valence-corrected chi connectivity index (χ0v) is 12.6. The molecule has 0 amide bonds. The Kier molecular flexibility index (Phi) is 5.77. The minimum Gasteiger partial charge on any atom is -0.461 e. The van der Waals surface area contributed by atoms with Crippen LogP contribution >= 0.6 is 0 Å². The average molecular weight is 305 g/mol. The molecule has 1 saturated heterocycles. The Bertz CT molecular complexity index is 543. The van der Waals surface area contributed by atoms with Crippen LogP contribution in [-0.4, -0.2) is 36.9 Å². The van der Waals surface area contributed by atoms with Crippen molar-refractivity contribution >= 4 is 5.97 Å². The molecular weight excluding hydrogens is 286 g/mol. The summed E-state index contributed by atoms with van der Waals surface area (Å²) >= 11 is 0. The molecular formula is C15H19N3O4. The van der Waals surface area contributed by atoms with Gasteiger partial charge in [-0.3, -0.25) is 0 Å². The summed E-state index contributed by atoms with van der Waals surface area (Å²) in [6.07, 6.45) is -1.90. The van der Waals surface area contributed by atoms with Crippen molar-refractivity contribution in [2.24, 2.45) is 5.11 Å². The zero-order chi connectivity index (χ0) is 15.9. The minimum atomic E-state index is -0.773. The van der Waals surface area contributed by atoms with Gasteiger partial charge in [0.05, 0.1) is 25.4 Å². The highest BCUT2D eigenvalue weighted by Gasteiger charge is 2.48. The average Bonchev–Trinajstić information content (AvgIpc) is 2.46. The second kappa shape index (κ2) is 7.79. The van der Waals surface area contributed by atoms with Crippen molar-refractivity contribution in [2.75, 3.05) is 6.54 Å². The molecule has 118 valence electrons. The van der Waals surface area contributed by atoms with Gasteiger partial charge in [0.1, 0.15) is 6.10 Å². The number of hydrogen-bond acceptors (Lipinski definition) is 5. The number of esters is 1. The molecule has 7 heteroatoms.